The SMILES string of the molecule is Brc1ncn2c1-c1ccccc1C2. The minimum Gasteiger partial charge on any atom is -0.325 e. The van der Waals surface area contributed by atoms with E-state index in [4.69, 9.17) is 0 Å². The molecule has 0 aliphatic carbocycles. The lowest BCUT2D eigenvalue weighted by molar-refractivity contribution is 0.840. The zero-order valence-corrected chi connectivity index (χ0v) is 8.45. The first-order valence-corrected chi connectivity index (χ1v) is 4.94. The maximum atomic E-state index is 4.22. The lowest BCUT2D eigenvalue weighted by atomic mass is 10.1. The van der Waals surface area contributed by atoms with Gasteiger partial charge in [-0.05, 0) is 21.5 Å². The maximum Gasteiger partial charge on any atom is 0.132 e. The Kier molecular flexibility index (Phi) is 1.38. The fraction of sp³-hybridized carbons (Fsp3) is 0.100. The van der Waals surface area contributed by atoms with E-state index in [-0.39, 0.29) is 0 Å². The molecule has 1 aliphatic rings. The van der Waals surface area contributed by atoms with E-state index >= 15 is 0 Å². The number of hydrogen-bond acceptors (Lipinski definition) is 1. The molecule has 0 spiro atoms. The molecule has 0 fully saturated rings. The van der Waals surface area contributed by atoms with Gasteiger partial charge in [0.15, 0.2) is 0 Å². The summed E-state index contributed by atoms with van der Waals surface area (Å²) in [5.74, 6) is 0. The zero-order valence-electron chi connectivity index (χ0n) is 6.87. The second-order valence-corrected chi connectivity index (χ2v) is 3.92. The zero-order chi connectivity index (χ0) is 8.84. The third kappa shape index (κ3) is 0.907. The van der Waals surface area contributed by atoms with Gasteiger partial charge in [0.1, 0.15) is 4.60 Å². The Morgan fingerprint density at radius 3 is 3.08 bits per heavy atom. The van der Waals surface area contributed by atoms with Crippen LogP contribution in [0.15, 0.2) is 35.2 Å². The fourth-order valence-corrected chi connectivity index (χ4v) is 2.35. The molecule has 1 aromatic carbocycles. The number of aromatic nitrogens is 2. The van der Waals surface area contributed by atoms with E-state index < -0.39 is 0 Å². The van der Waals surface area contributed by atoms with Gasteiger partial charge >= 0.3 is 0 Å². The number of fused-ring (bicyclic) bond motifs is 3. The van der Waals surface area contributed by atoms with Crippen molar-refractivity contribution in [1.82, 2.24) is 9.55 Å². The second kappa shape index (κ2) is 2.45. The number of rotatable bonds is 0. The van der Waals surface area contributed by atoms with Crippen molar-refractivity contribution in [2.75, 3.05) is 0 Å². The summed E-state index contributed by atoms with van der Waals surface area (Å²) in [6, 6.07) is 8.44. The summed E-state index contributed by atoms with van der Waals surface area (Å²) in [4.78, 5) is 4.22. The van der Waals surface area contributed by atoms with Crippen LogP contribution in [-0.4, -0.2) is 9.55 Å². The first kappa shape index (κ1) is 7.33. The van der Waals surface area contributed by atoms with Crippen molar-refractivity contribution in [1.29, 1.82) is 0 Å². The first-order chi connectivity index (χ1) is 6.36. The average molecular weight is 235 g/mol. The number of hydrogen-bond donors (Lipinski definition) is 0. The molecule has 1 aliphatic heterocycles. The lowest BCUT2D eigenvalue weighted by Gasteiger charge is -1.95. The van der Waals surface area contributed by atoms with E-state index in [1.165, 1.54) is 16.8 Å². The summed E-state index contributed by atoms with van der Waals surface area (Å²) in [7, 11) is 0. The summed E-state index contributed by atoms with van der Waals surface area (Å²) in [6.45, 7) is 0.949. The van der Waals surface area contributed by atoms with Gasteiger partial charge in [0, 0.05) is 12.1 Å². The normalized spacial score (nSPS) is 12.7. The maximum absolute atomic E-state index is 4.22. The number of imidazole rings is 1. The summed E-state index contributed by atoms with van der Waals surface area (Å²) in [5, 5.41) is 0. The van der Waals surface area contributed by atoms with Crippen molar-refractivity contribution in [2.45, 2.75) is 6.54 Å². The van der Waals surface area contributed by atoms with Crippen molar-refractivity contribution in [3.63, 3.8) is 0 Å². The number of nitrogens with zero attached hydrogens (tertiary/aromatic N) is 2. The van der Waals surface area contributed by atoms with Gasteiger partial charge in [0.2, 0.25) is 0 Å². The van der Waals surface area contributed by atoms with Gasteiger partial charge in [-0.15, -0.1) is 0 Å². The molecule has 0 atom stereocenters. The molecule has 0 amide bonds. The predicted octanol–water partition coefficient (Wildman–Crippen LogP) is 2.67. The summed E-state index contributed by atoms with van der Waals surface area (Å²) < 4.78 is 3.10. The molecule has 2 heterocycles. The molecule has 13 heavy (non-hydrogen) atoms. The van der Waals surface area contributed by atoms with Gasteiger partial charge in [0.05, 0.1) is 12.0 Å². The van der Waals surface area contributed by atoms with Crippen molar-refractivity contribution in [3.8, 4) is 11.3 Å². The van der Waals surface area contributed by atoms with Crippen LogP contribution in [0.3, 0.4) is 0 Å². The van der Waals surface area contributed by atoms with E-state index in [0.717, 1.165) is 11.1 Å². The molecule has 0 bridgehead atoms. The predicted molar refractivity (Wildman–Crippen MR) is 54.5 cm³/mol. The number of halogens is 1. The molecule has 0 radical (unpaired) electrons. The highest BCUT2D eigenvalue weighted by atomic mass is 79.9. The minimum atomic E-state index is 0.942. The Labute approximate surface area is 84.4 Å². The third-order valence-electron chi connectivity index (χ3n) is 2.41. The first-order valence-electron chi connectivity index (χ1n) is 4.15. The lowest BCUT2D eigenvalue weighted by Crippen LogP contribution is -1.88. The van der Waals surface area contributed by atoms with E-state index in [1.807, 2.05) is 6.33 Å². The van der Waals surface area contributed by atoms with Gasteiger partial charge in [-0.25, -0.2) is 4.98 Å². The van der Waals surface area contributed by atoms with Crippen LogP contribution in [0.4, 0.5) is 0 Å². The quantitative estimate of drug-likeness (QED) is 0.585. The number of benzene rings is 1. The summed E-state index contributed by atoms with van der Waals surface area (Å²) in [5.41, 5.74) is 3.88. The molecule has 1 aromatic heterocycles. The van der Waals surface area contributed by atoms with Gasteiger partial charge in [-0.3, -0.25) is 0 Å². The van der Waals surface area contributed by atoms with Crippen LogP contribution in [0.2, 0.25) is 0 Å². The third-order valence-corrected chi connectivity index (χ3v) is 2.99. The second-order valence-electron chi connectivity index (χ2n) is 3.17. The molecule has 0 unspecified atom stereocenters. The fourth-order valence-electron chi connectivity index (χ4n) is 1.82. The standard InChI is InChI=1S/C10H7BrN2/c11-10-9-8-4-2-1-3-7(8)5-13(9)6-12-10/h1-4,6H,5H2. The Bertz CT molecular complexity index is 474. The van der Waals surface area contributed by atoms with Crippen molar-refractivity contribution < 1.29 is 0 Å². The Morgan fingerprint density at radius 2 is 2.15 bits per heavy atom. The van der Waals surface area contributed by atoms with Crippen LogP contribution < -0.4 is 0 Å². The molecule has 2 nitrogen and oxygen atoms in total. The highest BCUT2D eigenvalue weighted by Gasteiger charge is 2.20. The van der Waals surface area contributed by atoms with Gasteiger partial charge in [0.25, 0.3) is 0 Å². The molecule has 0 N–H and O–H groups in total. The van der Waals surface area contributed by atoms with Crippen LogP contribution in [0, 0.1) is 0 Å². The highest BCUT2D eigenvalue weighted by Crippen LogP contribution is 2.35. The molecular formula is C10H7BrN2. The van der Waals surface area contributed by atoms with Crippen LogP contribution in [0.25, 0.3) is 11.3 Å². The van der Waals surface area contributed by atoms with E-state index in [0.29, 0.717) is 0 Å². The Morgan fingerprint density at radius 1 is 1.31 bits per heavy atom. The van der Waals surface area contributed by atoms with E-state index in [2.05, 4.69) is 49.7 Å². The van der Waals surface area contributed by atoms with Crippen LogP contribution in [0.1, 0.15) is 5.56 Å². The Hall–Kier alpha value is -1.09. The summed E-state index contributed by atoms with van der Waals surface area (Å²) >= 11 is 3.46. The van der Waals surface area contributed by atoms with Crippen molar-refractivity contribution >= 4 is 15.9 Å². The van der Waals surface area contributed by atoms with Crippen LogP contribution in [0.5, 0.6) is 0 Å². The molecule has 2 aromatic rings. The van der Waals surface area contributed by atoms with Gasteiger partial charge in [-0.1, -0.05) is 24.3 Å². The largest absolute Gasteiger partial charge is 0.325 e. The molecule has 0 saturated heterocycles. The minimum absolute atomic E-state index is 0.942. The van der Waals surface area contributed by atoms with Gasteiger partial charge < -0.3 is 4.57 Å². The topological polar surface area (TPSA) is 17.8 Å². The molecule has 3 heteroatoms. The molecule has 3 rings (SSSR count). The Balaban J connectivity index is 2.35. The average Bonchev–Trinajstić information content (AvgIpc) is 2.66. The monoisotopic (exact) mass is 234 g/mol. The smallest absolute Gasteiger partial charge is 0.132 e. The van der Waals surface area contributed by atoms with Crippen LogP contribution in [-0.2, 0) is 6.54 Å². The molecule has 64 valence electrons. The molecule has 0 saturated carbocycles. The summed E-state index contributed by atoms with van der Waals surface area (Å²) in [6.07, 6.45) is 1.87. The van der Waals surface area contributed by atoms with Gasteiger partial charge in [-0.2, -0.15) is 0 Å². The molecular weight excluding hydrogens is 228 g/mol. The van der Waals surface area contributed by atoms with Crippen molar-refractivity contribution in [3.05, 3.63) is 40.8 Å². The van der Waals surface area contributed by atoms with Crippen molar-refractivity contribution in [2.24, 2.45) is 0 Å². The van der Waals surface area contributed by atoms with E-state index in [1.54, 1.807) is 0 Å². The van der Waals surface area contributed by atoms with Crippen LogP contribution >= 0.6 is 15.9 Å². The highest BCUT2D eigenvalue weighted by molar-refractivity contribution is 9.10. The van der Waals surface area contributed by atoms with E-state index in [9.17, 15) is 0 Å².